The van der Waals surface area contributed by atoms with Gasteiger partial charge in [0.25, 0.3) is 0 Å². The molecule has 0 aromatic heterocycles. The van der Waals surface area contributed by atoms with Crippen molar-refractivity contribution < 1.29 is 10.2 Å². The average Bonchev–Trinajstić information content (AvgIpc) is 2.23. The van der Waals surface area contributed by atoms with Gasteiger partial charge in [0.15, 0.2) is 0 Å². The van der Waals surface area contributed by atoms with Crippen LogP contribution in [-0.4, -0.2) is 10.2 Å². The minimum atomic E-state index is 0.125. The Labute approximate surface area is 87.4 Å². The zero-order chi connectivity index (χ0) is 10.8. The lowest BCUT2D eigenvalue weighted by Gasteiger charge is -2.05. The summed E-state index contributed by atoms with van der Waals surface area (Å²) in [5.41, 5.74) is 7.64. The fraction of sp³-hybridized carbons (Fsp3) is 0. The van der Waals surface area contributed by atoms with Gasteiger partial charge in [0.05, 0.1) is 0 Å². The van der Waals surface area contributed by atoms with E-state index in [1.165, 1.54) is 18.2 Å². The summed E-state index contributed by atoms with van der Waals surface area (Å²) in [7, 11) is 0. The van der Waals surface area contributed by atoms with Gasteiger partial charge < -0.3 is 15.9 Å². The van der Waals surface area contributed by atoms with E-state index in [0.29, 0.717) is 11.3 Å². The molecule has 0 atom stereocenters. The third-order valence-electron chi connectivity index (χ3n) is 2.20. The average molecular weight is 201 g/mol. The number of aromatic hydroxyl groups is 2. The molecule has 0 aliphatic rings. The molecule has 0 amide bonds. The van der Waals surface area contributed by atoms with Crippen molar-refractivity contribution in [3.05, 3.63) is 42.5 Å². The number of hydrogen-bond acceptors (Lipinski definition) is 3. The van der Waals surface area contributed by atoms with Gasteiger partial charge in [-0.15, -0.1) is 0 Å². The standard InChI is InChI=1S/C12H11NO2/c13-9-3-1-8(2-4-9)11-7-10(14)5-6-12(11)15/h1-7,14-15H,13H2. The number of rotatable bonds is 1. The summed E-state index contributed by atoms with van der Waals surface area (Å²) >= 11 is 0. The van der Waals surface area contributed by atoms with Gasteiger partial charge >= 0.3 is 0 Å². The largest absolute Gasteiger partial charge is 0.508 e. The van der Waals surface area contributed by atoms with Crippen LogP contribution >= 0.6 is 0 Å². The van der Waals surface area contributed by atoms with E-state index in [0.717, 1.165) is 5.56 Å². The molecule has 2 aromatic carbocycles. The first-order valence-corrected chi connectivity index (χ1v) is 4.55. The molecule has 0 fully saturated rings. The van der Waals surface area contributed by atoms with Crippen molar-refractivity contribution in [2.45, 2.75) is 0 Å². The summed E-state index contributed by atoms with van der Waals surface area (Å²) in [4.78, 5) is 0. The second-order valence-corrected chi connectivity index (χ2v) is 3.32. The highest BCUT2D eigenvalue weighted by Gasteiger charge is 2.04. The Morgan fingerprint density at radius 3 is 2.20 bits per heavy atom. The van der Waals surface area contributed by atoms with Crippen LogP contribution in [-0.2, 0) is 0 Å². The lowest BCUT2D eigenvalue weighted by atomic mass is 10.0. The molecule has 0 radical (unpaired) electrons. The predicted octanol–water partition coefficient (Wildman–Crippen LogP) is 2.35. The lowest BCUT2D eigenvalue weighted by Crippen LogP contribution is -1.84. The third kappa shape index (κ3) is 1.86. The van der Waals surface area contributed by atoms with Gasteiger partial charge in [-0.2, -0.15) is 0 Å². The van der Waals surface area contributed by atoms with E-state index in [2.05, 4.69) is 0 Å². The van der Waals surface area contributed by atoms with Crippen molar-refractivity contribution in [2.24, 2.45) is 0 Å². The number of anilines is 1. The highest BCUT2D eigenvalue weighted by Crippen LogP contribution is 2.32. The Kier molecular flexibility index (Phi) is 2.21. The molecule has 0 heterocycles. The molecule has 0 saturated carbocycles. The quantitative estimate of drug-likeness (QED) is 0.490. The number of phenols is 2. The molecule has 4 N–H and O–H groups in total. The van der Waals surface area contributed by atoms with Crippen molar-refractivity contribution in [3.63, 3.8) is 0 Å². The van der Waals surface area contributed by atoms with Crippen LogP contribution in [0.2, 0.25) is 0 Å². The molecule has 2 rings (SSSR count). The van der Waals surface area contributed by atoms with Crippen LogP contribution in [0.4, 0.5) is 5.69 Å². The molecular weight excluding hydrogens is 190 g/mol. The highest BCUT2D eigenvalue weighted by molar-refractivity contribution is 5.72. The summed E-state index contributed by atoms with van der Waals surface area (Å²) < 4.78 is 0. The maximum absolute atomic E-state index is 9.62. The summed E-state index contributed by atoms with van der Waals surface area (Å²) in [5, 5.41) is 18.9. The molecule has 0 aliphatic carbocycles. The molecule has 76 valence electrons. The summed E-state index contributed by atoms with van der Waals surface area (Å²) in [6.07, 6.45) is 0. The first-order valence-electron chi connectivity index (χ1n) is 4.55. The second kappa shape index (κ2) is 3.53. The fourth-order valence-electron chi connectivity index (χ4n) is 1.42. The van der Waals surface area contributed by atoms with E-state index in [1.54, 1.807) is 24.3 Å². The van der Waals surface area contributed by atoms with Crippen molar-refractivity contribution in [3.8, 4) is 22.6 Å². The fourth-order valence-corrected chi connectivity index (χ4v) is 1.42. The number of hydrogen-bond donors (Lipinski definition) is 3. The van der Waals surface area contributed by atoms with E-state index in [-0.39, 0.29) is 11.5 Å². The Balaban J connectivity index is 2.53. The van der Waals surface area contributed by atoms with Crippen molar-refractivity contribution in [1.29, 1.82) is 0 Å². The molecule has 3 heteroatoms. The monoisotopic (exact) mass is 201 g/mol. The van der Waals surface area contributed by atoms with Crippen LogP contribution in [0.5, 0.6) is 11.5 Å². The van der Waals surface area contributed by atoms with Crippen LogP contribution in [0.3, 0.4) is 0 Å². The molecule has 0 aliphatic heterocycles. The summed E-state index contributed by atoms with van der Waals surface area (Å²) in [5.74, 6) is 0.261. The van der Waals surface area contributed by atoms with Gasteiger partial charge in [-0.25, -0.2) is 0 Å². The molecule has 2 aromatic rings. The number of benzene rings is 2. The van der Waals surface area contributed by atoms with E-state index in [1.807, 2.05) is 0 Å². The summed E-state index contributed by atoms with van der Waals surface area (Å²) in [6, 6.07) is 11.5. The van der Waals surface area contributed by atoms with E-state index in [4.69, 9.17) is 5.73 Å². The maximum atomic E-state index is 9.62. The number of nitrogen functional groups attached to an aromatic ring is 1. The Hall–Kier alpha value is -2.16. The van der Waals surface area contributed by atoms with Crippen LogP contribution in [0.25, 0.3) is 11.1 Å². The minimum Gasteiger partial charge on any atom is -0.508 e. The molecular formula is C12H11NO2. The normalized spacial score (nSPS) is 10.1. The lowest BCUT2D eigenvalue weighted by molar-refractivity contribution is 0.462. The summed E-state index contributed by atoms with van der Waals surface area (Å²) in [6.45, 7) is 0. The van der Waals surface area contributed by atoms with Crippen molar-refractivity contribution >= 4 is 5.69 Å². The first-order chi connectivity index (χ1) is 7.16. The Morgan fingerprint density at radius 1 is 0.867 bits per heavy atom. The molecule has 0 unspecified atom stereocenters. The van der Waals surface area contributed by atoms with Crippen LogP contribution < -0.4 is 5.73 Å². The SMILES string of the molecule is Nc1ccc(-c2cc(O)ccc2O)cc1. The van der Waals surface area contributed by atoms with Gasteiger partial charge in [0, 0.05) is 11.3 Å². The molecule has 15 heavy (non-hydrogen) atoms. The van der Waals surface area contributed by atoms with Gasteiger partial charge in [-0.3, -0.25) is 0 Å². The first kappa shape index (κ1) is 9.40. The zero-order valence-corrected chi connectivity index (χ0v) is 8.01. The van der Waals surface area contributed by atoms with Crippen LogP contribution in [0.1, 0.15) is 0 Å². The van der Waals surface area contributed by atoms with E-state index in [9.17, 15) is 10.2 Å². The zero-order valence-electron chi connectivity index (χ0n) is 8.01. The van der Waals surface area contributed by atoms with Gasteiger partial charge in [-0.1, -0.05) is 12.1 Å². The number of nitrogens with two attached hydrogens (primary N) is 1. The Morgan fingerprint density at radius 2 is 1.53 bits per heavy atom. The Bertz CT molecular complexity index is 477. The van der Waals surface area contributed by atoms with Gasteiger partial charge in [0.2, 0.25) is 0 Å². The smallest absolute Gasteiger partial charge is 0.123 e. The third-order valence-corrected chi connectivity index (χ3v) is 2.20. The predicted molar refractivity (Wildman–Crippen MR) is 59.6 cm³/mol. The highest BCUT2D eigenvalue weighted by atomic mass is 16.3. The second-order valence-electron chi connectivity index (χ2n) is 3.32. The van der Waals surface area contributed by atoms with Gasteiger partial charge in [-0.05, 0) is 35.9 Å². The van der Waals surface area contributed by atoms with Crippen molar-refractivity contribution in [2.75, 3.05) is 5.73 Å². The number of phenolic OH excluding ortho intramolecular Hbond substituents is 2. The minimum absolute atomic E-state index is 0.125. The van der Waals surface area contributed by atoms with E-state index >= 15 is 0 Å². The van der Waals surface area contributed by atoms with Gasteiger partial charge in [0.1, 0.15) is 11.5 Å². The van der Waals surface area contributed by atoms with Crippen LogP contribution in [0, 0.1) is 0 Å². The molecule has 0 bridgehead atoms. The van der Waals surface area contributed by atoms with Crippen LogP contribution in [0.15, 0.2) is 42.5 Å². The topological polar surface area (TPSA) is 66.5 Å². The van der Waals surface area contributed by atoms with E-state index < -0.39 is 0 Å². The molecule has 0 spiro atoms. The molecule has 3 nitrogen and oxygen atoms in total. The van der Waals surface area contributed by atoms with Crippen molar-refractivity contribution in [1.82, 2.24) is 0 Å². The maximum Gasteiger partial charge on any atom is 0.123 e. The molecule has 0 saturated heterocycles.